The van der Waals surface area contributed by atoms with E-state index in [-0.39, 0.29) is 0 Å². The maximum absolute atomic E-state index is 10.9. The highest BCUT2D eigenvalue weighted by molar-refractivity contribution is 5.89. The molecule has 4 nitrogen and oxygen atoms in total. The van der Waals surface area contributed by atoms with Crippen LogP contribution in [0.4, 0.5) is 0 Å². The fourth-order valence-corrected chi connectivity index (χ4v) is 1.55. The van der Waals surface area contributed by atoms with E-state index in [4.69, 9.17) is 9.84 Å². The molecule has 2 N–H and O–H groups in total. The molecule has 0 fully saturated rings. The van der Waals surface area contributed by atoms with Crippen molar-refractivity contribution < 1.29 is 14.6 Å². The number of hydrogen-bond acceptors (Lipinski definition) is 3. The van der Waals surface area contributed by atoms with Crippen molar-refractivity contribution in [1.82, 2.24) is 5.32 Å². The summed E-state index contributed by atoms with van der Waals surface area (Å²) in [7, 11) is 0. The Kier molecular flexibility index (Phi) is 6.29. The van der Waals surface area contributed by atoms with Crippen LogP contribution in [-0.2, 0) is 11.3 Å². The van der Waals surface area contributed by atoms with Gasteiger partial charge in [0.25, 0.3) is 0 Å². The largest absolute Gasteiger partial charge is 0.478 e. The summed E-state index contributed by atoms with van der Waals surface area (Å²) in [5.74, 6) is -0.878. The molecule has 17 heavy (non-hydrogen) atoms. The Balaban J connectivity index is 2.34. The molecule has 0 bridgehead atoms. The summed E-state index contributed by atoms with van der Waals surface area (Å²) in [4.78, 5) is 10.9. The molecule has 0 aromatic heterocycles. The molecule has 0 spiro atoms. The monoisotopic (exact) mass is 237 g/mol. The highest BCUT2D eigenvalue weighted by Gasteiger charge is 2.07. The molecule has 1 rings (SSSR count). The molecular weight excluding hydrogens is 218 g/mol. The van der Waals surface area contributed by atoms with Gasteiger partial charge in [0, 0.05) is 19.8 Å². The minimum Gasteiger partial charge on any atom is -0.478 e. The van der Waals surface area contributed by atoms with Gasteiger partial charge in [-0.2, -0.15) is 0 Å². The maximum atomic E-state index is 10.9. The number of carbonyl (C=O) groups is 1. The molecule has 0 saturated carbocycles. The van der Waals surface area contributed by atoms with Gasteiger partial charge in [0.15, 0.2) is 0 Å². The van der Waals surface area contributed by atoms with Gasteiger partial charge in [0.2, 0.25) is 0 Å². The predicted octanol–water partition coefficient (Wildman–Crippen LogP) is 1.90. The number of carboxylic acid groups (broad SMARTS) is 1. The molecule has 0 saturated heterocycles. The van der Waals surface area contributed by atoms with E-state index in [2.05, 4.69) is 5.32 Å². The van der Waals surface area contributed by atoms with Gasteiger partial charge >= 0.3 is 5.97 Å². The summed E-state index contributed by atoms with van der Waals surface area (Å²) >= 11 is 0. The van der Waals surface area contributed by atoms with Gasteiger partial charge in [0.1, 0.15) is 0 Å². The van der Waals surface area contributed by atoms with E-state index in [0.717, 1.165) is 31.7 Å². The molecule has 0 aliphatic carbocycles. The van der Waals surface area contributed by atoms with Crippen molar-refractivity contribution in [3.63, 3.8) is 0 Å². The van der Waals surface area contributed by atoms with E-state index in [1.807, 2.05) is 19.1 Å². The molecule has 0 heterocycles. The number of aromatic carboxylic acids is 1. The van der Waals surface area contributed by atoms with Crippen molar-refractivity contribution in [2.45, 2.75) is 19.9 Å². The van der Waals surface area contributed by atoms with E-state index in [0.29, 0.717) is 12.1 Å². The molecule has 0 aliphatic heterocycles. The van der Waals surface area contributed by atoms with Gasteiger partial charge in [-0.05, 0) is 31.5 Å². The topological polar surface area (TPSA) is 58.6 Å². The average molecular weight is 237 g/mol. The second-order valence-electron chi connectivity index (χ2n) is 3.69. The first kappa shape index (κ1) is 13.7. The first-order chi connectivity index (χ1) is 8.25. The van der Waals surface area contributed by atoms with Crippen molar-refractivity contribution in [1.29, 1.82) is 0 Å². The Hall–Kier alpha value is -1.39. The lowest BCUT2D eigenvalue weighted by Gasteiger charge is -2.07. The zero-order valence-corrected chi connectivity index (χ0v) is 10.1. The molecule has 0 radical (unpaired) electrons. The van der Waals surface area contributed by atoms with Crippen LogP contribution in [0.5, 0.6) is 0 Å². The number of carboxylic acids is 1. The van der Waals surface area contributed by atoms with E-state index in [9.17, 15) is 4.79 Å². The van der Waals surface area contributed by atoms with Gasteiger partial charge in [0.05, 0.1) is 5.56 Å². The van der Waals surface area contributed by atoms with E-state index < -0.39 is 5.97 Å². The Morgan fingerprint density at radius 2 is 2.18 bits per heavy atom. The summed E-state index contributed by atoms with van der Waals surface area (Å²) in [6.07, 6.45) is 0.934. The summed E-state index contributed by atoms with van der Waals surface area (Å²) in [5, 5.41) is 12.2. The fourth-order valence-electron chi connectivity index (χ4n) is 1.55. The third kappa shape index (κ3) is 4.97. The molecular formula is C13H19NO3. The van der Waals surface area contributed by atoms with Gasteiger partial charge in [-0.15, -0.1) is 0 Å². The molecule has 0 atom stereocenters. The van der Waals surface area contributed by atoms with Crippen molar-refractivity contribution in [3.05, 3.63) is 35.4 Å². The average Bonchev–Trinajstić information content (AvgIpc) is 2.34. The summed E-state index contributed by atoms with van der Waals surface area (Å²) in [6, 6.07) is 7.05. The van der Waals surface area contributed by atoms with Crippen LogP contribution in [-0.4, -0.2) is 30.8 Å². The third-order valence-corrected chi connectivity index (χ3v) is 2.41. The summed E-state index contributed by atoms with van der Waals surface area (Å²) in [5.41, 5.74) is 1.18. The second kappa shape index (κ2) is 7.81. The minimum absolute atomic E-state index is 0.366. The van der Waals surface area contributed by atoms with Gasteiger partial charge in [-0.1, -0.05) is 18.2 Å². The lowest BCUT2D eigenvalue weighted by atomic mass is 10.1. The molecule has 4 heteroatoms. The summed E-state index contributed by atoms with van der Waals surface area (Å²) in [6.45, 7) is 4.85. The molecule has 1 aromatic carbocycles. The zero-order chi connectivity index (χ0) is 12.5. The second-order valence-corrected chi connectivity index (χ2v) is 3.69. The standard InChI is InChI=1S/C13H19NO3/c1-2-17-9-5-8-14-10-11-6-3-4-7-12(11)13(15)16/h3-4,6-7,14H,2,5,8-10H2,1H3,(H,15,16). The van der Waals surface area contributed by atoms with Crippen molar-refractivity contribution in [2.75, 3.05) is 19.8 Å². The van der Waals surface area contributed by atoms with Gasteiger partial charge in [-0.25, -0.2) is 4.79 Å². The molecule has 1 aromatic rings. The molecule has 94 valence electrons. The van der Waals surface area contributed by atoms with Gasteiger partial charge in [-0.3, -0.25) is 0 Å². The van der Waals surface area contributed by atoms with Crippen LogP contribution < -0.4 is 5.32 Å². The van der Waals surface area contributed by atoms with Crippen LogP contribution in [0.25, 0.3) is 0 Å². The lowest BCUT2D eigenvalue weighted by Crippen LogP contribution is -2.18. The number of hydrogen-bond donors (Lipinski definition) is 2. The molecule has 0 amide bonds. The van der Waals surface area contributed by atoms with Gasteiger partial charge < -0.3 is 15.2 Å². The lowest BCUT2D eigenvalue weighted by molar-refractivity contribution is 0.0695. The predicted molar refractivity (Wildman–Crippen MR) is 66.2 cm³/mol. The Morgan fingerprint density at radius 3 is 2.88 bits per heavy atom. The molecule has 0 unspecified atom stereocenters. The normalized spacial score (nSPS) is 10.4. The Morgan fingerprint density at radius 1 is 1.41 bits per heavy atom. The highest BCUT2D eigenvalue weighted by atomic mass is 16.5. The van der Waals surface area contributed by atoms with Crippen molar-refractivity contribution >= 4 is 5.97 Å². The minimum atomic E-state index is -0.878. The smallest absolute Gasteiger partial charge is 0.336 e. The summed E-state index contributed by atoms with van der Waals surface area (Å²) < 4.78 is 5.21. The van der Waals surface area contributed by atoms with E-state index in [1.165, 1.54) is 0 Å². The van der Waals surface area contributed by atoms with Crippen molar-refractivity contribution in [2.24, 2.45) is 0 Å². The number of rotatable bonds is 8. The highest BCUT2D eigenvalue weighted by Crippen LogP contribution is 2.08. The first-order valence-electron chi connectivity index (χ1n) is 5.85. The number of ether oxygens (including phenoxy) is 1. The van der Waals surface area contributed by atoms with E-state index >= 15 is 0 Å². The zero-order valence-electron chi connectivity index (χ0n) is 10.1. The maximum Gasteiger partial charge on any atom is 0.336 e. The van der Waals surface area contributed by atoms with Crippen LogP contribution in [0.2, 0.25) is 0 Å². The number of nitrogens with one attached hydrogen (secondary N) is 1. The van der Waals surface area contributed by atoms with E-state index in [1.54, 1.807) is 12.1 Å². The van der Waals surface area contributed by atoms with Crippen LogP contribution >= 0.6 is 0 Å². The fraction of sp³-hybridized carbons (Fsp3) is 0.462. The van der Waals surface area contributed by atoms with Crippen LogP contribution in [0.15, 0.2) is 24.3 Å². The molecule has 0 aliphatic rings. The third-order valence-electron chi connectivity index (χ3n) is 2.41. The SMILES string of the molecule is CCOCCCNCc1ccccc1C(=O)O. The Labute approximate surface area is 102 Å². The number of benzene rings is 1. The quantitative estimate of drug-likeness (QED) is 0.678. The van der Waals surface area contributed by atoms with Crippen LogP contribution in [0.1, 0.15) is 29.3 Å². The van der Waals surface area contributed by atoms with Crippen LogP contribution in [0.3, 0.4) is 0 Å². The van der Waals surface area contributed by atoms with Crippen LogP contribution in [0, 0.1) is 0 Å². The van der Waals surface area contributed by atoms with Crippen molar-refractivity contribution in [3.8, 4) is 0 Å². The first-order valence-corrected chi connectivity index (χ1v) is 5.85. The Bertz CT molecular complexity index is 352.